The van der Waals surface area contributed by atoms with Crippen molar-refractivity contribution in [1.82, 2.24) is 9.88 Å². The van der Waals surface area contributed by atoms with E-state index in [9.17, 15) is 4.79 Å². The smallest absolute Gasteiger partial charge is 0.239 e. The van der Waals surface area contributed by atoms with E-state index in [4.69, 9.17) is 5.73 Å². The van der Waals surface area contributed by atoms with Crippen molar-refractivity contribution in [2.45, 2.75) is 52.0 Å². The first-order chi connectivity index (χ1) is 11.5. The predicted molar refractivity (Wildman–Crippen MR) is 106 cm³/mol. The van der Waals surface area contributed by atoms with Gasteiger partial charge in [0.2, 0.25) is 5.91 Å². The van der Waals surface area contributed by atoms with Crippen LogP contribution in [-0.2, 0) is 4.79 Å². The van der Waals surface area contributed by atoms with Gasteiger partial charge in [-0.2, -0.15) is 0 Å². The number of halogens is 1. The fraction of sp³-hybridized carbons (Fsp3) is 0.550. The van der Waals surface area contributed by atoms with E-state index >= 15 is 0 Å². The van der Waals surface area contributed by atoms with E-state index in [-0.39, 0.29) is 30.3 Å². The molecule has 0 radical (unpaired) electrons. The van der Waals surface area contributed by atoms with E-state index in [1.165, 1.54) is 22.2 Å². The van der Waals surface area contributed by atoms with Crippen LogP contribution in [-0.4, -0.2) is 34.9 Å². The maximum absolute atomic E-state index is 12.6. The van der Waals surface area contributed by atoms with Crippen molar-refractivity contribution in [3.63, 3.8) is 0 Å². The van der Waals surface area contributed by atoms with Gasteiger partial charge >= 0.3 is 0 Å². The summed E-state index contributed by atoms with van der Waals surface area (Å²) in [5.41, 5.74) is 10.0. The Hall–Kier alpha value is -1.52. The lowest BCUT2D eigenvalue weighted by molar-refractivity contribution is -0.134. The number of H-pyrrole nitrogens is 1. The van der Waals surface area contributed by atoms with Crippen LogP contribution in [0.2, 0.25) is 0 Å². The summed E-state index contributed by atoms with van der Waals surface area (Å²) in [6.07, 6.45) is 2.97. The number of hydrogen-bond donors (Lipinski definition) is 2. The number of nitrogens with one attached hydrogen (secondary N) is 1. The first kappa shape index (κ1) is 19.8. The number of likely N-dealkylation sites (tertiary alicyclic amines) is 1. The Balaban J connectivity index is 0.00000225. The van der Waals surface area contributed by atoms with Crippen molar-refractivity contribution in [2.75, 3.05) is 13.1 Å². The number of para-hydroxylation sites is 1. The van der Waals surface area contributed by atoms with Crippen molar-refractivity contribution in [3.05, 3.63) is 35.5 Å². The molecule has 1 aliphatic rings. The molecule has 4 nitrogen and oxygen atoms in total. The van der Waals surface area contributed by atoms with Crippen molar-refractivity contribution >= 4 is 29.2 Å². The number of aromatic nitrogens is 1. The number of aryl methyl sites for hydroxylation is 1. The lowest BCUT2D eigenvalue weighted by atomic mass is 9.87. The lowest BCUT2D eigenvalue weighted by Gasteiger charge is -2.35. The normalized spacial score (nSPS) is 18.0. The number of fused-ring (bicyclic) bond motifs is 1. The highest BCUT2D eigenvalue weighted by atomic mass is 35.5. The van der Waals surface area contributed by atoms with E-state index < -0.39 is 0 Å². The Morgan fingerprint density at radius 1 is 1.32 bits per heavy atom. The third-order valence-corrected chi connectivity index (χ3v) is 5.70. The van der Waals surface area contributed by atoms with Gasteiger partial charge in [-0.15, -0.1) is 12.4 Å². The van der Waals surface area contributed by atoms with Crippen molar-refractivity contribution in [2.24, 2.45) is 11.7 Å². The van der Waals surface area contributed by atoms with E-state index in [1.807, 2.05) is 4.90 Å². The number of carbonyl (C=O) groups is 1. The topological polar surface area (TPSA) is 62.1 Å². The molecule has 25 heavy (non-hydrogen) atoms. The Kier molecular flexibility index (Phi) is 6.53. The monoisotopic (exact) mass is 363 g/mol. The second-order valence-electron chi connectivity index (χ2n) is 7.22. The minimum atomic E-state index is -0.360. The summed E-state index contributed by atoms with van der Waals surface area (Å²) in [5, 5.41) is 1.33. The molecular weight excluding hydrogens is 334 g/mol. The van der Waals surface area contributed by atoms with Gasteiger partial charge in [-0.05, 0) is 43.2 Å². The van der Waals surface area contributed by atoms with Crippen LogP contribution >= 0.6 is 12.4 Å². The number of rotatable bonds is 4. The van der Waals surface area contributed by atoms with Gasteiger partial charge in [-0.1, -0.05) is 38.5 Å². The number of hydrogen-bond acceptors (Lipinski definition) is 2. The summed E-state index contributed by atoms with van der Waals surface area (Å²) in [6, 6.07) is 8.14. The Morgan fingerprint density at radius 2 is 1.96 bits per heavy atom. The molecule has 3 rings (SSSR count). The minimum Gasteiger partial charge on any atom is -0.358 e. The van der Waals surface area contributed by atoms with E-state index in [0.717, 1.165) is 32.4 Å². The molecule has 1 amide bonds. The molecule has 1 aliphatic heterocycles. The lowest BCUT2D eigenvalue weighted by Crippen LogP contribution is -2.49. The average molecular weight is 364 g/mol. The molecule has 2 unspecified atom stereocenters. The quantitative estimate of drug-likeness (QED) is 0.863. The first-order valence-electron chi connectivity index (χ1n) is 9.14. The van der Waals surface area contributed by atoms with Gasteiger partial charge in [-0.3, -0.25) is 4.79 Å². The van der Waals surface area contributed by atoms with Crippen LogP contribution in [0.4, 0.5) is 0 Å². The van der Waals surface area contributed by atoms with Gasteiger partial charge in [0.05, 0.1) is 6.04 Å². The first-order valence-corrected chi connectivity index (χ1v) is 9.14. The third kappa shape index (κ3) is 3.85. The van der Waals surface area contributed by atoms with Gasteiger partial charge in [0.1, 0.15) is 0 Å². The molecule has 2 aromatic rings. The second-order valence-corrected chi connectivity index (χ2v) is 7.22. The molecule has 138 valence electrons. The fourth-order valence-corrected chi connectivity index (χ4v) is 3.92. The van der Waals surface area contributed by atoms with E-state index in [1.54, 1.807) is 0 Å². The van der Waals surface area contributed by atoms with Gasteiger partial charge in [0, 0.05) is 29.7 Å². The zero-order chi connectivity index (χ0) is 17.3. The summed E-state index contributed by atoms with van der Waals surface area (Å²) in [5.74, 6) is 0.884. The third-order valence-electron chi connectivity index (χ3n) is 5.70. The van der Waals surface area contributed by atoms with Gasteiger partial charge in [0.25, 0.3) is 0 Å². The molecule has 3 N–H and O–H groups in total. The van der Waals surface area contributed by atoms with Crippen LogP contribution in [0.15, 0.2) is 24.3 Å². The van der Waals surface area contributed by atoms with E-state index in [0.29, 0.717) is 5.92 Å². The maximum Gasteiger partial charge on any atom is 0.239 e. The summed E-state index contributed by atoms with van der Waals surface area (Å²) >= 11 is 0. The molecular formula is C20H30ClN3O. The van der Waals surface area contributed by atoms with Gasteiger partial charge in [0.15, 0.2) is 0 Å². The van der Waals surface area contributed by atoms with Crippen molar-refractivity contribution < 1.29 is 4.79 Å². The Bertz CT molecular complexity index is 719. The minimum absolute atomic E-state index is 0. The van der Waals surface area contributed by atoms with Gasteiger partial charge in [-0.25, -0.2) is 0 Å². The molecule has 0 spiro atoms. The number of nitrogens with zero attached hydrogens (tertiary/aromatic N) is 1. The number of benzene rings is 1. The largest absolute Gasteiger partial charge is 0.358 e. The highest BCUT2D eigenvalue weighted by Crippen LogP contribution is 2.35. The van der Waals surface area contributed by atoms with Crippen LogP contribution in [0.25, 0.3) is 10.9 Å². The van der Waals surface area contributed by atoms with Crippen LogP contribution < -0.4 is 5.73 Å². The molecule has 2 heterocycles. The highest BCUT2D eigenvalue weighted by molar-refractivity contribution is 5.86. The molecule has 5 heteroatoms. The summed E-state index contributed by atoms with van der Waals surface area (Å²) in [7, 11) is 0. The van der Waals surface area contributed by atoms with Crippen LogP contribution in [0, 0.1) is 12.8 Å². The molecule has 1 aromatic carbocycles. The zero-order valence-electron chi connectivity index (χ0n) is 15.4. The van der Waals surface area contributed by atoms with E-state index in [2.05, 4.69) is 50.0 Å². The van der Waals surface area contributed by atoms with Crippen LogP contribution in [0.5, 0.6) is 0 Å². The fourth-order valence-electron chi connectivity index (χ4n) is 3.92. The molecule has 0 saturated carbocycles. The highest BCUT2D eigenvalue weighted by Gasteiger charge is 2.30. The molecule has 1 fully saturated rings. The summed E-state index contributed by atoms with van der Waals surface area (Å²) in [4.78, 5) is 18.0. The number of nitrogens with two attached hydrogens (primary N) is 1. The molecule has 0 bridgehead atoms. The summed E-state index contributed by atoms with van der Waals surface area (Å²) in [6.45, 7) is 7.93. The SMILES string of the molecule is CCC(C)C(N)C(=O)N1CCC(c2c(C)[nH]c3ccccc23)CC1.Cl. The predicted octanol–water partition coefficient (Wildman–Crippen LogP) is 3.98. The van der Waals surface area contributed by atoms with Crippen molar-refractivity contribution in [1.29, 1.82) is 0 Å². The van der Waals surface area contributed by atoms with Crippen LogP contribution in [0.3, 0.4) is 0 Å². The molecule has 2 atom stereocenters. The van der Waals surface area contributed by atoms with Crippen LogP contribution in [0.1, 0.15) is 50.3 Å². The second kappa shape index (κ2) is 8.24. The zero-order valence-corrected chi connectivity index (χ0v) is 16.2. The standard InChI is InChI=1S/C20H29N3O.ClH/c1-4-13(2)19(21)20(24)23-11-9-15(10-12-23)18-14(3)22-17-8-6-5-7-16(17)18;/h5-8,13,15,19,22H,4,9-12,21H2,1-3H3;1H. The number of amides is 1. The molecule has 1 aromatic heterocycles. The summed E-state index contributed by atoms with van der Waals surface area (Å²) < 4.78 is 0. The Morgan fingerprint density at radius 3 is 2.60 bits per heavy atom. The van der Waals surface area contributed by atoms with Gasteiger partial charge < -0.3 is 15.6 Å². The number of piperidine rings is 1. The molecule has 0 aliphatic carbocycles. The number of aromatic amines is 1. The maximum atomic E-state index is 12.6. The molecule has 1 saturated heterocycles. The average Bonchev–Trinajstić information content (AvgIpc) is 2.95. The van der Waals surface area contributed by atoms with Crippen molar-refractivity contribution in [3.8, 4) is 0 Å². The Labute approximate surface area is 156 Å². The number of carbonyl (C=O) groups excluding carboxylic acids is 1.